The Kier molecular flexibility index (Phi) is 6.24. The smallest absolute Gasteiger partial charge is 0.124 e. The van der Waals surface area contributed by atoms with E-state index in [4.69, 9.17) is 9.47 Å². The molecule has 4 nitrogen and oxygen atoms in total. The average Bonchev–Trinajstić information content (AvgIpc) is 2.61. The Morgan fingerprint density at radius 1 is 1.08 bits per heavy atom. The second kappa shape index (κ2) is 8.39. The number of methoxy groups -OCH3 is 2. The Morgan fingerprint density at radius 2 is 1.79 bits per heavy atom. The Bertz CT molecular complexity index is 694. The predicted octanol–water partition coefficient (Wildman–Crippen LogP) is 4.21. The molecule has 0 radical (unpaired) electrons. The Hall–Kier alpha value is -2.49. The number of hydrogen-bond acceptors (Lipinski definition) is 3. The minimum atomic E-state index is 0.812. The molecular formula is C20H26N2O2. The zero-order chi connectivity index (χ0) is 17.5. The van der Waals surface area contributed by atoms with Crippen molar-refractivity contribution in [3.63, 3.8) is 0 Å². The molecule has 2 aromatic rings. The van der Waals surface area contributed by atoms with Crippen LogP contribution in [0.25, 0.3) is 0 Å². The first-order valence-corrected chi connectivity index (χ1v) is 8.12. The van der Waals surface area contributed by atoms with Gasteiger partial charge >= 0.3 is 0 Å². The molecule has 2 rings (SSSR count). The molecule has 0 bridgehead atoms. The highest BCUT2D eigenvalue weighted by molar-refractivity contribution is 5.65. The molecule has 0 aliphatic carbocycles. The molecule has 4 heteroatoms. The summed E-state index contributed by atoms with van der Waals surface area (Å²) in [6, 6.07) is 12.3. The van der Waals surface area contributed by atoms with E-state index in [1.165, 1.54) is 5.56 Å². The summed E-state index contributed by atoms with van der Waals surface area (Å²) in [5.74, 6) is 1.73. The maximum Gasteiger partial charge on any atom is 0.124 e. The normalized spacial score (nSPS) is 10.9. The van der Waals surface area contributed by atoms with Crippen molar-refractivity contribution in [3.8, 4) is 11.5 Å². The van der Waals surface area contributed by atoms with Gasteiger partial charge in [0.15, 0.2) is 0 Å². The standard InChI is InChI=1S/C20H26N2O2/c1-6-22(3)14-21-19-13-20(24-5)17(11-15(19)2)12-16-7-9-18(23-4)10-8-16/h7-11,13-14H,6,12H2,1-5H3/b21-14+. The fraction of sp³-hybridized carbons (Fsp3) is 0.350. The maximum atomic E-state index is 5.58. The zero-order valence-electron chi connectivity index (χ0n) is 15.2. The van der Waals surface area contributed by atoms with Crippen LogP contribution < -0.4 is 9.47 Å². The summed E-state index contributed by atoms with van der Waals surface area (Å²) in [6.07, 6.45) is 2.66. The second-order valence-corrected chi connectivity index (χ2v) is 5.79. The minimum Gasteiger partial charge on any atom is -0.497 e. The molecule has 128 valence electrons. The predicted molar refractivity (Wildman–Crippen MR) is 100.0 cm³/mol. The summed E-state index contributed by atoms with van der Waals surface area (Å²) >= 11 is 0. The monoisotopic (exact) mass is 326 g/mol. The molecule has 0 amide bonds. The van der Waals surface area contributed by atoms with Crippen molar-refractivity contribution in [2.24, 2.45) is 4.99 Å². The molecule has 0 heterocycles. The van der Waals surface area contributed by atoms with E-state index in [0.29, 0.717) is 0 Å². The second-order valence-electron chi connectivity index (χ2n) is 5.79. The van der Waals surface area contributed by atoms with Crippen LogP contribution in [0, 0.1) is 6.92 Å². The van der Waals surface area contributed by atoms with Crippen molar-refractivity contribution in [2.75, 3.05) is 27.8 Å². The van der Waals surface area contributed by atoms with Crippen molar-refractivity contribution < 1.29 is 9.47 Å². The molecule has 0 saturated carbocycles. The van der Waals surface area contributed by atoms with E-state index in [0.717, 1.165) is 41.3 Å². The molecule has 0 N–H and O–H groups in total. The van der Waals surface area contributed by atoms with Crippen molar-refractivity contribution >= 4 is 12.0 Å². The zero-order valence-corrected chi connectivity index (χ0v) is 15.2. The van der Waals surface area contributed by atoms with Gasteiger partial charge in [-0.25, -0.2) is 4.99 Å². The lowest BCUT2D eigenvalue weighted by atomic mass is 10.0. The first kappa shape index (κ1) is 17.9. The lowest BCUT2D eigenvalue weighted by Crippen LogP contribution is -2.14. The lowest BCUT2D eigenvalue weighted by molar-refractivity contribution is 0.410. The van der Waals surface area contributed by atoms with E-state index in [9.17, 15) is 0 Å². The number of benzene rings is 2. The summed E-state index contributed by atoms with van der Waals surface area (Å²) in [5.41, 5.74) is 4.45. The van der Waals surface area contributed by atoms with Crippen LogP contribution in [0.3, 0.4) is 0 Å². The van der Waals surface area contributed by atoms with Crippen molar-refractivity contribution in [1.29, 1.82) is 0 Å². The van der Waals surface area contributed by atoms with Gasteiger partial charge in [-0.3, -0.25) is 0 Å². The van der Waals surface area contributed by atoms with Crippen LogP contribution in [-0.2, 0) is 6.42 Å². The van der Waals surface area contributed by atoms with Gasteiger partial charge in [0.1, 0.15) is 11.5 Å². The highest BCUT2D eigenvalue weighted by Crippen LogP contribution is 2.30. The summed E-state index contributed by atoms with van der Waals surface area (Å²) in [5, 5.41) is 0. The molecule has 0 unspecified atom stereocenters. The first-order chi connectivity index (χ1) is 11.6. The topological polar surface area (TPSA) is 34.1 Å². The summed E-state index contributed by atoms with van der Waals surface area (Å²) in [4.78, 5) is 6.60. The minimum absolute atomic E-state index is 0.812. The third-order valence-electron chi connectivity index (χ3n) is 4.05. The molecule has 0 aliphatic rings. The van der Waals surface area contributed by atoms with Crippen LogP contribution in [0.5, 0.6) is 11.5 Å². The number of ether oxygens (including phenoxy) is 2. The highest BCUT2D eigenvalue weighted by atomic mass is 16.5. The van der Waals surface area contributed by atoms with Gasteiger partial charge in [0, 0.05) is 26.1 Å². The lowest BCUT2D eigenvalue weighted by Gasteiger charge is -2.13. The Morgan fingerprint density at radius 3 is 2.38 bits per heavy atom. The number of hydrogen-bond donors (Lipinski definition) is 0. The van der Waals surface area contributed by atoms with E-state index in [1.54, 1.807) is 14.2 Å². The van der Waals surface area contributed by atoms with Gasteiger partial charge in [0.05, 0.1) is 26.2 Å². The molecule has 0 atom stereocenters. The summed E-state index contributed by atoms with van der Waals surface area (Å²) in [6.45, 7) is 5.10. The largest absolute Gasteiger partial charge is 0.497 e. The highest BCUT2D eigenvalue weighted by Gasteiger charge is 2.09. The Labute approximate surface area is 144 Å². The van der Waals surface area contributed by atoms with Crippen LogP contribution in [0.2, 0.25) is 0 Å². The van der Waals surface area contributed by atoms with Gasteiger partial charge in [-0.1, -0.05) is 12.1 Å². The SMILES string of the molecule is CCN(C)/C=N/c1cc(OC)c(Cc2ccc(OC)cc2)cc1C. The van der Waals surface area contributed by atoms with E-state index >= 15 is 0 Å². The van der Waals surface area contributed by atoms with Gasteiger partial charge in [0.2, 0.25) is 0 Å². The molecule has 0 spiro atoms. The quantitative estimate of drug-likeness (QED) is 0.564. The van der Waals surface area contributed by atoms with E-state index in [2.05, 4.69) is 37.0 Å². The van der Waals surface area contributed by atoms with Crippen molar-refractivity contribution in [3.05, 3.63) is 53.1 Å². The third kappa shape index (κ3) is 4.51. The summed E-state index contributed by atoms with van der Waals surface area (Å²) in [7, 11) is 5.39. The molecule has 0 aromatic heterocycles. The van der Waals surface area contributed by atoms with E-state index in [-0.39, 0.29) is 0 Å². The number of nitrogens with zero attached hydrogens (tertiary/aromatic N) is 2. The van der Waals surface area contributed by atoms with Gasteiger partial charge < -0.3 is 14.4 Å². The third-order valence-corrected chi connectivity index (χ3v) is 4.05. The summed E-state index contributed by atoms with van der Waals surface area (Å²) < 4.78 is 10.8. The average molecular weight is 326 g/mol. The van der Waals surface area contributed by atoms with Crippen molar-refractivity contribution in [2.45, 2.75) is 20.3 Å². The number of aliphatic imine (C=N–C) groups is 1. The molecule has 0 aliphatic heterocycles. The number of aryl methyl sites for hydroxylation is 1. The van der Waals surface area contributed by atoms with Gasteiger partial charge in [-0.2, -0.15) is 0 Å². The van der Waals surface area contributed by atoms with E-state index in [1.807, 2.05) is 36.5 Å². The Balaban J connectivity index is 2.26. The molecule has 0 fully saturated rings. The molecule has 0 saturated heterocycles. The van der Waals surface area contributed by atoms with Gasteiger partial charge in [-0.05, 0) is 48.7 Å². The molecule has 2 aromatic carbocycles. The van der Waals surface area contributed by atoms with Crippen LogP contribution >= 0.6 is 0 Å². The van der Waals surface area contributed by atoms with Gasteiger partial charge in [-0.15, -0.1) is 0 Å². The molecule has 24 heavy (non-hydrogen) atoms. The van der Waals surface area contributed by atoms with Crippen LogP contribution in [0.1, 0.15) is 23.6 Å². The van der Waals surface area contributed by atoms with Crippen LogP contribution in [0.15, 0.2) is 41.4 Å². The van der Waals surface area contributed by atoms with Crippen molar-refractivity contribution in [1.82, 2.24) is 4.90 Å². The fourth-order valence-corrected chi connectivity index (χ4v) is 2.41. The number of rotatable bonds is 7. The van der Waals surface area contributed by atoms with E-state index < -0.39 is 0 Å². The molecular weight excluding hydrogens is 300 g/mol. The first-order valence-electron chi connectivity index (χ1n) is 8.12. The fourth-order valence-electron chi connectivity index (χ4n) is 2.41. The van der Waals surface area contributed by atoms with Crippen LogP contribution in [0.4, 0.5) is 5.69 Å². The van der Waals surface area contributed by atoms with Crippen LogP contribution in [-0.4, -0.2) is 39.1 Å². The van der Waals surface area contributed by atoms with Gasteiger partial charge in [0.25, 0.3) is 0 Å². The maximum absolute atomic E-state index is 5.58.